The van der Waals surface area contributed by atoms with Gasteiger partial charge in [0.25, 0.3) is 0 Å². The number of halogens is 2. The van der Waals surface area contributed by atoms with E-state index < -0.39 is 5.60 Å². The minimum Gasteiger partial charge on any atom is -0.388 e. The fourth-order valence-corrected chi connectivity index (χ4v) is 2.07. The van der Waals surface area contributed by atoms with Crippen LogP contribution in [0.4, 0.5) is 4.39 Å². The molecule has 18 heavy (non-hydrogen) atoms. The number of likely N-dealkylation sites (N-methyl/N-ethyl adjacent to an activating group) is 1. The summed E-state index contributed by atoms with van der Waals surface area (Å²) < 4.78 is 13.0. The van der Waals surface area contributed by atoms with Crippen LogP contribution in [0.15, 0.2) is 18.2 Å². The van der Waals surface area contributed by atoms with Crippen LogP contribution in [0.2, 0.25) is 5.02 Å². The summed E-state index contributed by atoms with van der Waals surface area (Å²) in [6, 6.07) is 4.26. The quantitative estimate of drug-likeness (QED) is 0.832. The van der Waals surface area contributed by atoms with Gasteiger partial charge in [-0.3, -0.25) is 0 Å². The zero-order valence-corrected chi connectivity index (χ0v) is 11.8. The first-order valence-corrected chi connectivity index (χ1v) is 6.20. The Morgan fingerprint density at radius 1 is 1.44 bits per heavy atom. The van der Waals surface area contributed by atoms with E-state index in [0.29, 0.717) is 30.2 Å². The van der Waals surface area contributed by atoms with E-state index in [4.69, 9.17) is 11.6 Å². The zero-order chi connectivity index (χ0) is 13.8. The fraction of sp³-hybridized carbons (Fsp3) is 0.538. The second kappa shape index (κ2) is 6.48. The average Bonchev–Trinajstić information content (AvgIpc) is 2.21. The number of benzene rings is 1. The third-order valence-corrected chi connectivity index (χ3v) is 2.85. The summed E-state index contributed by atoms with van der Waals surface area (Å²) >= 11 is 5.95. The molecule has 1 aromatic rings. The van der Waals surface area contributed by atoms with Gasteiger partial charge in [-0.25, -0.2) is 4.39 Å². The Bertz CT molecular complexity index is 397. The van der Waals surface area contributed by atoms with Gasteiger partial charge in [0, 0.05) is 24.7 Å². The van der Waals surface area contributed by atoms with Crippen molar-refractivity contribution in [2.75, 3.05) is 27.2 Å². The first-order valence-electron chi connectivity index (χ1n) is 5.82. The Balaban J connectivity index is 2.48. The zero-order valence-electron chi connectivity index (χ0n) is 11.0. The third kappa shape index (κ3) is 5.31. The summed E-state index contributed by atoms with van der Waals surface area (Å²) in [5.41, 5.74) is -0.138. The third-order valence-electron chi connectivity index (χ3n) is 2.49. The molecule has 0 saturated carbocycles. The van der Waals surface area contributed by atoms with Crippen molar-refractivity contribution in [2.24, 2.45) is 0 Å². The summed E-state index contributed by atoms with van der Waals surface area (Å²) in [7, 11) is 3.80. The monoisotopic (exact) mass is 274 g/mol. The molecule has 102 valence electrons. The summed E-state index contributed by atoms with van der Waals surface area (Å²) in [6.07, 6.45) is 0. The molecule has 0 amide bonds. The largest absolute Gasteiger partial charge is 0.388 e. The van der Waals surface area contributed by atoms with Crippen molar-refractivity contribution in [2.45, 2.75) is 19.1 Å². The van der Waals surface area contributed by atoms with Gasteiger partial charge in [-0.2, -0.15) is 0 Å². The first kappa shape index (κ1) is 15.4. The SMILES string of the molecule is CN(C)CC(C)(O)CNCc1cc(F)ccc1Cl. The van der Waals surface area contributed by atoms with Gasteiger partial charge < -0.3 is 15.3 Å². The molecule has 0 fully saturated rings. The smallest absolute Gasteiger partial charge is 0.123 e. The minimum absolute atomic E-state index is 0.309. The lowest BCUT2D eigenvalue weighted by Gasteiger charge is -2.27. The molecule has 0 aromatic heterocycles. The molecule has 0 heterocycles. The maximum Gasteiger partial charge on any atom is 0.123 e. The Morgan fingerprint density at radius 3 is 2.72 bits per heavy atom. The number of nitrogens with one attached hydrogen (secondary N) is 1. The van der Waals surface area contributed by atoms with E-state index in [-0.39, 0.29) is 5.82 Å². The molecule has 0 aliphatic carbocycles. The lowest BCUT2D eigenvalue weighted by molar-refractivity contribution is 0.0336. The lowest BCUT2D eigenvalue weighted by atomic mass is 10.1. The van der Waals surface area contributed by atoms with Crippen molar-refractivity contribution in [3.05, 3.63) is 34.6 Å². The van der Waals surface area contributed by atoms with Gasteiger partial charge in [0.1, 0.15) is 5.82 Å². The Morgan fingerprint density at radius 2 is 2.11 bits per heavy atom. The highest BCUT2D eigenvalue weighted by atomic mass is 35.5. The Kier molecular flexibility index (Phi) is 5.53. The fourth-order valence-electron chi connectivity index (χ4n) is 1.88. The minimum atomic E-state index is -0.830. The molecule has 0 saturated heterocycles. The second-order valence-corrected chi connectivity index (χ2v) is 5.48. The van der Waals surface area contributed by atoms with Crippen LogP contribution in [0.25, 0.3) is 0 Å². The second-order valence-electron chi connectivity index (χ2n) is 5.07. The van der Waals surface area contributed by atoms with Crippen molar-refractivity contribution < 1.29 is 9.50 Å². The molecule has 1 atom stereocenters. The molecular formula is C13H20ClFN2O. The predicted molar refractivity (Wildman–Crippen MR) is 72.3 cm³/mol. The van der Waals surface area contributed by atoms with Crippen LogP contribution in [0, 0.1) is 5.82 Å². The summed E-state index contributed by atoms with van der Waals surface area (Å²) in [6.45, 7) is 3.16. The normalized spacial score (nSPS) is 14.8. The molecule has 1 unspecified atom stereocenters. The number of nitrogens with zero attached hydrogens (tertiary/aromatic N) is 1. The molecule has 0 aliphatic heterocycles. The van der Waals surface area contributed by atoms with E-state index in [0.717, 1.165) is 0 Å². The number of aliphatic hydroxyl groups is 1. The molecule has 2 N–H and O–H groups in total. The predicted octanol–water partition coefficient (Wildman–Crippen LogP) is 1.88. The van der Waals surface area contributed by atoms with Gasteiger partial charge in [0.2, 0.25) is 0 Å². The molecule has 1 aromatic carbocycles. The highest BCUT2D eigenvalue weighted by molar-refractivity contribution is 6.31. The van der Waals surface area contributed by atoms with Crippen LogP contribution in [-0.2, 0) is 6.54 Å². The van der Waals surface area contributed by atoms with E-state index in [1.807, 2.05) is 19.0 Å². The van der Waals surface area contributed by atoms with Gasteiger partial charge in [-0.15, -0.1) is 0 Å². The maximum absolute atomic E-state index is 13.0. The number of hydrogen-bond acceptors (Lipinski definition) is 3. The summed E-state index contributed by atoms with van der Waals surface area (Å²) in [5, 5.41) is 13.7. The molecule has 0 aliphatic rings. The van der Waals surface area contributed by atoms with Crippen LogP contribution in [0.1, 0.15) is 12.5 Å². The standard InChI is InChI=1S/C13H20ClFN2O/c1-13(18,9-17(2)3)8-16-7-10-6-11(15)4-5-12(10)14/h4-6,16,18H,7-9H2,1-3H3. The topological polar surface area (TPSA) is 35.5 Å². The molecular weight excluding hydrogens is 255 g/mol. The Labute approximate surface area is 113 Å². The van der Waals surface area contributed by atoms with E-state index in [1.165, 1.54) is 18.2 Å². The Hall–Kier alpha value is -0.680. The van der Waals surface area contributed by atoms with Gasteiger partial charge >= 0.3 is 0 Å². The summed E-state index contributed by atoms with van der Waals surface area (Å²) in [4.78, 5) is 1.91. The lowest BCUT2D eigenvalue weighted by Crippen LogP contribution is -2.45. The highest BCUT2D eigenvalue weighted by Crippen LogP contribution is 2.16. The van der Waals surface area contributed by atoms with Crippen molar-refractivity contribution >= 4 is 11.6 Å². The average molecular weight is 275 g/mol. The molecule has 5 heteroatoms. The van der Waals surface area contributed by atoms with E-state index in [1.54, 1.807) is 6.92 Å². The summed E-state index contributed by atoms with van der Waals surface area (Å²) in [5.74, 6) is -0.309. The van der Waals surface area contributed by atoms with Crippen LogP contribution in [0.3, 0.4) is 0 Å². The molecule has 0 spiro atoms. The van der Waals surface area contributed by atoms with Crippen LogP contribution >= 0.6 is 11.6 Å². The number of rotatable bonds is 6. The van der Waals surface area contributed by atoms with Crippen molar-refractivity contribution in [1.82, 2.24) is 10.2 Å². The van der Waals surface area contributed by atoms with Crippen LogP contribution < -0.4 is 5.32 Å². The van der Waals surface area contributed by atoms with Crippen LogP contribution in [-0.4, -0.2) is 42.8 Å². The van der Waals surface area contributed by atoms with Gasteiger partial charge in [-0.05, 0) is 44.8 Å². The van der Waals surface area contributed by atoms with Gasteiger partial charge in [0.05, 0.1) is 5.60 Å². The van der Waals surface area contributed by atoms with Crippen molar-refractivity contribution in [3.63, 3.8) is 0 Å². The van der Waals surface area contributed by atoms with Crippen LogP contribution in [0.5, 0.6) is 0 Å². The van der Waals surface area contributed by atoms with Gasteiger partial charge in [-0.1, -0.05) is 11.6 Å². The highest BCUT2D eigenvalue weighted by Gasteiger charge is 2.20. The molecule has 3 nitrogen and oxygen atoms in total. The van der Waals surface area contributed by atoms with Crippen molar-refractivity contribution in [1.29, 1.82) is 0 Å². The molecule has 0 bridgehead atoms. The van der Waals surface area contributed by atoms with E-state index in [9.17, 15) is 9.50 Å². The first-order chi connectivity index (χ1) is 8.30. The van der Waals surface area contributed by atoms with E-state index in [2.05, 4.69) is 5.32 Å². The van der Waals surface area contributed by atoms with E-state index >= 15 is 0 Å². The number of hydrogen-bond donors (Lipinski definition) is 2. The molecule has 1 rings (SSSR count). The van der Waals surface area contributed by atoms with Crippen molar-refractivity contribution in [3.8, 4) is 0 Å². The molecule has 0 radical (unpaired) electrons. The maximum atomic E-state index is 13.0. The van der Waals surface area contributed by atoms with Gasteiger partial charge in [0.15, 0.2) is 0 Å².